The molecule has 0 bridgehead atoms. The Morgan fingerprint density at radius 1 is 1.61 bits per heavy atom. The molecule has 1 unspecified atom stereocenters. The highest BCUT2D eigenvalue weighted by Gasteiger charge is 2.21. The van der Waals surface area contributed by atoms with Gasteiger partial charge in [-0.05, 0) is 37.5 Å². The maximum Gasteiger partial charge on any atom is 0.141 e. The Morgan fingerprint density at radius 3 is 3.00 bits per heavy atom. The smallest absolute Gasteiger partial charge is 0.141 e. The first-order chi connectivity index (χ1) is 8.58. The molecule has 98 valence electrons. The van der Waals surface area contributed by atoms with Crippen LogP contribution >= 0.6 is 11.6 Å². The van der Waals surface area contributed by atoms with E-state index in [4.69, 9.17) is 16.3 Å². The summed E-state index contributed by atoms with van der Waals surface area (Å²) in [4.78, 5) is 12.5. The van der Waals surface area contributed by atoms with E-state index in [2.05, 4.69) is 0 Å². The van der Waals surface area contributed by atoms with Crippen LogP contribution in [0.3, 0.4) is 0 Å². The molecule has 1 fully saturated rings. The Hall–Kier alpha value is -1.26. The number of carbonyl (C=O) groups is 1. The number of anilines is 1. The molecule has 5 heteroatoms. The molecule has 0 saturated carbocycles. The zero-order valence-electron chi connectivity index (χ0n) is 10.2. The number of nitrogens with zero attached hydrogens (tertiary/aromatic N) is 1. The first kappa shape index (κ1) is 13.2. The summed E-state index contributed by atoms with van der Waals surface area (Å²) in [6.07, 6.45) is 0.570. The van der Waals surface area contributed by atoms with E-state index < -0.39 is 6.09 Å². The van der Waals surface area contributed by atoms with Gasteiger partial charge in [-0.15, -0.1) is 0 Å². The second-order valence-corrected chi connectivity index (χ2v) is 4.88. The lowest BCUT2D eigenvalue weighted by Gasteiger charge is -2.29. The third-order valence-corrected chi connectivity index (χ3v) is 3.33. The first-order valence-corrected chi connectivity index (χ1v) is 6.32. The minimum absolute atomic E-state index is 0.0544. The number of carbonyl (C=O) groups excluding carboxylic acids is 1. The van der Waals surface area contributed by atoms with Crippen LogP contribution < -0.4 is 10.0 Å². The van der Waals surface area contributed by atoms with Crippen molar-refractivity contribution in [2.45, 2.75) is 25.9 Å². The maximum absolute atomic E-state index is 11.3. The Bertz CT molecular complexity index is 444. The number of carboxylic acid groups (broad SMARTS) is 1. The highest BCUT2D eigenvalue weighted by molar-refractivity contribution is 6.31. The van der Waals surface area contributed by atoms with Crippen molar-refractivity contribution in [1.82, 2.24) is 0 Å². The van der Waals surface area contributed by atoms with Crippen LogP contribution in [0.5, 0.6) is 0 Å². The molecule has 1 saturated heterocycles. The van der Waals surface area contributed by atoms with E-state index in [0.717, 1.165) is 18.4 Å². The Kier molecular flexibility index (Phi) is 4.09. The summed E-state index contributed by atoms with van der Waals surface area (Å²) in [5, 5.41) is 11.8. The number of hydrogen-bond donors (Lipinski definition) is 0. The van der Waals surface area contributed by atoms with E-state index >= 15 is 0 Å². The molecule has 4 nitrogen and oxygen atoms in total. The van der Waals surface area contributed by atoms with Crippen LogP contribution in [0.25, 0.3) is 0 Å². The molecule has 1 aliphatic rings. The van der Waals surface area contributed by atoms with Crippen LogP contribution in [-0.4, -0.2) is 25.3 Å². The summed E-state index contributed by atoms with van der Waals surface area (Å²) in [6.45, 7) is 2.83. The number of halogens is 1. The van der Waals surface area contributed by atoms with Crippen molar-refractivity contribution in [3.8, 4) is 0 Å². The van der Waals surface area contributed by atoms with Gasteiger partial charge in [0.25, 0.3) is 0 Å². The molecule has 18 heavy (non-hydrogen) atoms. The van der Waals surface area contributed by atoms with Crippen LogP contribution in [0.1, 0.15) is 18.4 Å². The molecule has 1 heterocycles. The number of aryl methyl sites for hydroxylation is 1. The van der Waals surface area contributed by atoms with Gasteiger partial charge in [0.15, 0.2) is 0 Å². The van der Waals surface area contributed by atoms with Gasteiger partial charge in [-0.1, -0.05) is 17.7 Å². The third-order valence-electron chi connectivity index (χ3n) is 3.09. The van der Waals surface area contributed by atoms with Gasteiger partial charge in [0.05, 0.1) is 12.6 Å². The zero-order valence-corrected chi connectivity index (χ0v) is 10.9. The number of benzene rings is 1. The minimum Gasteiger partial charge on any atom is -0.530 e. The normalized spacial score (nSPS) is 18.9. The van der Waals surface area contributed by atoms with Gasteiger partial charge in [0, 0.05) is 17.3 Å². The molecule has 0 aromatic heterocycles. The van der Waals surface area contributed by atoms with Crippen molar-refractivity contribution >= 4 is 23.4 Å². The SMILES string of the molecule is Cc1ccc(Cl)cc1N(CC1CCCO1)C(=O)[O-]. The molecule has 1 aromatic carbocycles. The zero-order chi connectivity index (χ0) is 13.1. The molecule has 1 atom stereocenters. The van der Waals surface area contributed by atoms with E-state index in [1.807, 2.05) is 6.92 Å². The van der Waals surface area contributed by atoms with E-state index in [1.54, 1.807) is 18.2 Å². The van der Waals surface area contributed by atoms with Gasteiger partial charge in [-0.2, -0.15) is 0 Å². The Balaban J connectivity index is 2.23. The molecule has 1 aliphatic heterocycles. The summed E-state index contributed by atoms with van der Waals surface area (Å²) in [6, 6.07) is 5.17. The molecule has 0 aliphatic carbocycles. The summed E-state index contributed by atoms with van der Waals surface area (Å²) >= 11 is 5.91. The monoisotopic (exact) mass is 268 g/mol. The van der Waals surface area contributed by atoms with E-state index in [-0.39, 0.29) is 6.10 Å². The van der Waals surface area contributed by atoms with Gasteiger partial charge in [0.2, 0.25) is 0 Å². The molecule has 1 aromatic rings. The van der Waals surface area contributed by atoms with Gasteiger partial charge < -0.3 is 19.5 Å². The van der Waals surface area contributed by atoms with Crippen LogP contribution in [0.2, 0.25) is 5.02 Å². The molecule has 0 radical (unpaired) electrons. The lowest BCUT2D eigenvalue weighted by molar-refractivity contribution is -0.246. The lowest BCUT2D eigenvalue weighted by Crippen LogP contribution is -2.45. The lowest BCUT2D eigenvalue weighted by atomic mass is 10.1. The Labute approximate surface area is 111 Å². The molecule has 0 spiro atoms. The van der Waals surface area contributed by atoms with Crippen molar-refractivity contribution in [3.63, 3.8) is 0 Å². The fraction of sp³-hybridized carbons (Fsp3) is 0.462. The minimum atomic E-state index is -1.23. The van der Waals surface area contributed by atoms with E-state index in [1.165, 1.54) is 4.90 Å². The van der Waals surface area contributed by atoms with Crippen molar-refractivity contribution in [2.24, 2.45) is 0 Å². The summed E-state index contributed by atoms with van der Waals surface area (Å²) in [5.74, 6) is 0. The molecular weight excluding hydrogens is 254 g/mol. The summed E-state index contributed by atoms with van der Waals surface area (Å²) in [7, 11) is 0. The van der Waals surface area contributed by atoms with Gasteiger partial charge in [0.1, 0.15) is 6.09 Å². The summed E-state index contributed by atoms with van der Waals surface area (Å²) in [5.41, 5.74) is 1.42. The average Bonchev–Trinajstić information content (AvgIpc) is 2.82. The topological polar surface area (TPSA) is 52.6 Å². The predicted octanol–water partition coefficient (Wildman–Crippen LogP) is 1.98. The second-order valence-electron chi connectivity index (χ2n) is 4.44. The highest BCUT2D eigenvalue weighted by Crippen LogP contribution is 2.25. The fourth-order valence-corrected chi connectivity index (χ4v) is 2.30. The predicted molar refractivity (Wildman–Crippen MR) is 67.9 cm³/mol. The Morgan fingerprint density at radius 2 is 2.39 bits per heavy atom. The van der Waals surface area contributed by atoms with Gasteiger partial charge in [-0.25, -0.2) is 0 Å². The van der Waals surface area contributed by atoms with E-state index in [9.17, 15) is 9.90 Å². The van der Waals surface area contributed by atoms with Crippen molar-refractivity contribution in [3.05, 3.63) is 28.8 Å². The van der Waals surface area contributed by atoms with Crippen LogP contribution in [0.15, 0.2) is 18.2 Å². The van der Waals surface area contributed by atoms with Crippen LogP contribution in [-0.2, 0) is 4.74 Å². The fourth-order valence-electron chi connectivity index (χ4n) is 2.14. The molecule has 0 N–H and O–H groups in total. The average molecular weight is 269 g/mol. The highest BCUT2D eigenvalue weighted by atomic mass is 35.5. The quantitative estimate of drug-likeness (QED) is 0.842. The number of ether oxygens (including phenoxy) is 1. The van der Waals surface area contributed by atoms with E-state index in [0.29, 0.717) is 23.9 Å². The standard InChI is InChI=1S/C13H16ClNO3/c1-9-4-5-10(14)7-12(9)15(13(16)17)8-11-3-2-6-18-11/h4-5,7,11H,2-3,6,8H2,1H3,(H,16,17)/p-1. The first-order valence-electron chi connectivity index (χ1n) is 5.94. The maximum atomic E-state index is 11.3. The third kappa shape index (κ3) is 2.94. The van der Waals surface area contributed by atoms with Gasteiger partial charge >= 0.3 is 0 Å². The van der Waals surface area contributed by atoms with Crippen LogP contribution in [0.4, 0.5) is 10.5 Å². The van der Waals surface area contributed by atoms with Crippen LogP contribution in [0, 0.1) is 6.92 Å². The second kappa shape index (κ2) is 5.59. The number of amides is 1. The number of hydrogen-bond acceptors (Lipinski definition) is 3. The summed E-state index contributed by atoms with van der Waals surface area (Å²) < 4.78 is 5.46. The van der Waals surface area contributed by atoms with Gasteiger partial charge in [-0.3, -0.25) is 0 Å². The van der Waals surface area contributed by atoms with Crippen molar-refractivity contribution in [1.29, 1.82) is 0 Å². The molecule has 2 rings (SSSR count). The van der Waals surface area contributed by atoms with Crippen molar-refractivity contribution in [2.75, 3.05) is 18.1 Å². The number of rotatable bonds is 3. The van der Waals surface area contributed by atoms with Crippen molar-refractivity contribution < 1.29 is 14.6 Å². The molecule has 1 amide bonds. The largest absolute Gasteiger partial charge is 0.530 e. The molecular formula is C13H15ClNO3-.